The van der Waals surface area contributed by atoms with Crippen LogP contribution in [0.2, 0.25) is 0 Å². The molecule has 0 aromatic carbocycles. The van der Waals surface area contributed by atoms with E-state index in [4.69, 9.17) is 19.4 Å². The van der Waals surface area contributed by atoms with Crippen molar-refractivity contribution in [1.29, 1.82) is 0 Å². The smallest absolute Gasteiger partial charge is 0.475 e. The molecule has 1 unspecified atom stereocenters. The standard InChI is InChI=1S/C18H27N3O3.C2HF3O2/c1-19-6-2-3-16(19)17(22)21-7-4-18(5-8-21)13-15(14-24-18)20-9-11-23-12-10-20;3-2(4,5)1(6)7/h2-3,6,15H,4-5,7-14H2,1H3;(H,6,7). The first-order valence-corrected chi connectivity index (χ1v) is 10.3. The van der Waals surface area contributed by atoms with Crippen molar-refractivity contribution in [1.82, 2.24) is 14.4 Å². The van der Waals surface area contributed by atoms with Crippen LogP contribution in [0.15, 0.2) is 18.3 Å². The molecule has 31 heavy (non-hydrogen) atoms. The highest BCUT2D eigenvalue weighted by Gasteiger charge is 2.45. The van der Waals surface area contributed by atoms with Gasteiger partial charge in [-0.2, -0.15) is 13.2 Å². The number of ether oxygens (including phenoxy) is 2. The van der Waals surface area contributed by atoms with E-state index in [0.717, 1.165) is 71.0 Å². The Morgan fingerprint density at radius 2 is 1.77 bits per heavy atom. The van der Waals surface area contributed by atoms with Crippen molar-refractivity contribution >= 4 is 11.9 Å². The number of likely N-dealkylation sites (tertiary alicyclic amines) is 1. The average molecular weight is 447 g/mol. The molecule has 11 heteroatoms. The fourth-order valence-corrected chi connectivity index (χ4v) is 4.31. The predicted molar refractivity (Wildman–Crippen MR) is 104 cm³/mol. The first kappa shape index (κ1) is 23.6. The lowest BCUT2D eigenvalue weighted by Gasteiger charge is -2.39. The van der Waals surface area contributed by atoms with Gasteiger partial charge in [0, 0.05) is 45.5 Å². The summed E-state index contributed by atoms with van der Waals surface area (Å²) in [5.74, 6) is -2.62. The third kappa shape index (κ3) is 5.78. The number of aromatic nitrogens is 1. The van der Waals surface area contributed by atoms with E-state index < -0.39 is 12.1 Å². The van der Waals surface area contributed by atoms with E-state index >= 15 is 0 Å². The van der Waals surface area contributed by atoms with Crippen LogP contribution in [0.4, 0.5) is 13.2 Å². The molecule has 1 spiro atoms. The molecule has 8 nitrogen and oxygen atoms in total. The molecule has 0 saturated carbocycles. The van der Waals surface area contributed by atoms with E-state index in [1.54, 1.807) is 0 Å². The fourth-order valence-electron chi connectivity index (χ4n) is 4.31. The lowest BCUT2D eigenvalue weighted by Crippen LogP contribution is -2.48. The number of carboxylic acid groups (broad SMARTS) is 1. The minimum absolute atomic E-state index is 0.0199. The molecule has 3 aliphatic rings. The summed E-state index contributed by atoms with van der Waals surface area (Å²) >= 11 is 0. The largest absolute Gasteiger partial charge is 0.490 e. The summed E-state index contributed by atoms with van der Waals surface area (Å²) in [5.41, 5.74) is 0.748. The highest BCUT2D eigenvalue weighted by atomic mass is 19.4. The number of amides is 1. The zero-order valence-corrected chi connectivity index (χ0v) is 17.4. The molecule has 1 N–H and O–H groups in total. The van der Waals surface area contributed by atoms with E-state index in [1.165, 1.54) is 0 Å². The van der Waals surface area contributed by atoms with Gasteiger partial charge in [0.25, 0.3) is 5.91 Å². The van der Waals surface area contributed by atoms with Gasteiger partial charge in [-0.15, -0.1) is 0 Å². The van der Waals surface area contributed by atoms with Gasteiger partial charge in [0.05, 0.1) is 25.4 Å². The van der Waals surface area contributed by atoms with Crippen LogP contribution < -0.4 is 0 Å². The second kappa shape index (κ2) is 9.58. The van der Waals surface area contributed by atoms with Crippen molar-refractivity contribution in [2.24, 2.45) is 7.05 Å². The first-order chi connectivity index (χ1) is 14.6. The topological polar surface area (TPSA) is 84.2 Å². The average Bonchev–Trinajstić information content (AvgIpc) is 3.35. The number of carbonyl (C=O) groups excluding carboxylic acids is 1. The van der Waals surface area contributed by atoms with Gasteiger partial charge in [0.15, 0.2) is 0 Å². The number of aryl methyl sites for hydroxylation is 1. The van der Waals surface area contributed by atoms with Crippen molar-refractivity contribution in [3.05, 3.63) is 24.0 Å². The number of nitrogens with zero attached hydrogens (tertiary/aromatic N) is 3. The van der Waals surface area contributed by atoms with Gasteiger partial charge >= 0.3 is 12.1 Å². The van der Waals surface area contributed by atoms with Gasteiger partial charge in [-0.3, -0.25) is 9.69 Å². The molecular weight excluding hydrogens is 419 g/mol. The number of piperidine rings is 1. The van der Waals surface area contributed by atoms with Gasteiger partial charge < -0.3 is 24.0 Å². The number of hydrogen-bond donors (Lipinski definition) is 1. The zero-order valence-electron chi connectivity index (χ0n) is 17.4. The zero-order chi connectivity index (χ0) is 22.6. The van der Waals surface area contributed by atoms with Crippen LogP contribution in [-0.2, 0) is 21.3 Å². The number of carboxylic acids is 1. The summed E-state index contributed by atoms with van der Waals surface area (Å²) < 4.78 is 45.3. The number of halogens is 3. The molecule has 1 aromatic heterocycles. The molecule has 1 atom stereocenters. The van der Waals surface area contributed by atoms with Crippen LogP contribution >= 0.6 is 0 Å². The minimum Gasteiger partial charge on any atom is -0.475 e. The van der Waals surface area contributed by atoms with Crippen LogP contribution in [0.1, 0.15) is 29.8 Å². The molecule has 3 fully saturated rings. The number of morpholine rings is 1. The lowest BCUT2D eigenvalue weighted by atomic mass is 9.87. The van der Waals surface area contributed by atoms with Crippen LogP contribution in [0, 0.1) is 0 Å². The number of carbonyl (C=O) groups is 2. The third-order valence-electron chi connectivity index (χ3n) is 6.12. The SMILES string of the molecule is Cn1cccc1C(=O)N1CCC2(CC1)CC(N1CCOCC1)CO2.O=C(O)C(F)(F)F. The van der Waals surface area contributed by atoms with E-state index in [-0.39, 0.29) is 11.5 Å². The van der Waals surface area contributed by atoms with Crippen molar-refractivity contribution in [2.75, 3.05) is 46.0 Å². The predicted octanol–water partition coefficient (Wildman–Crippen LogP) is 1.75. The molecule has 4 rings (SSSR count). The monoisotopic (exact) mass is 447 g/mol. The molecule has 1 aromatic rings. The van der Waals surface area contributed by atoms with Gasteiger partial charge in [-0.1, -0.05) is 0 Å². The Labute approximate surface area is 178 Å². The van der Waals surface area contributed by atoms with Crippen molar-refractivity contribution < 1.29 is 37.3 Å². The molecular formula is C20H28F3N3O5. The molecule has 0 radical (unpaired) electrons. The molecule has 3 aliphatic heterocycles. The minimum atomic E-state index is -5.08. The maximum Gasteiger partial charge on any atom is 0.490 e. The Kier molecular flexibility index (Phi) is 7.28. The Hall–Kier alpha value is -2.11. The number of rotatable bonds is 2. The lowest BCUT2D eigenvalue weighted by molar-refractivity contribution is -0.192. The van der Waals surface area contributed by atoms with E-state index in [1.807, 2.05) is 34.8 Å². The van der Waals surface area contributed by atoms with Crippen LogP contribution in [0.5, 0.6) is 0 Å². The van der Waals surface area contributed by atoms with Crippen molar-refractivity contribution in [2.45, 2.75) is 37.1 Å². The molecule has 4 heterocycles. The molecule has 1 amide bonds. The Bertz CT molecular complexity index is 768. The molecule has 3 saturated heterocycles. The van der Waals surface area contributed by atoms with Gasteiger partial charge in [-0.25, -0.2) is 4.79 Å². The van der Waals surface area contributed by atoms with Gasteiger partial charge in [0.2, 0.25) is 0 Å². The summed E-state index contributed by atoms with van der Waals surface area (Å²) in [6.07, 6.45) is -0.168. The summed E-state index contributed by atoms with van der Waals surface area (Å²) in [6, 6.07) is 4.34. The number of alkyl halides is 3. The van der Waals surface area contributed by atoms with Crippen LogP contribution in [0.25, 0.3) is 0 Å². The normalized spacial score (nSPS) is 24.0. The highest BCUT2D eigenvalue weighted by Crippen LogP contribution is 2.38. The maximum atomic E-state index is 12.6. The summed E-state index contributed by atoms with van der Waals surface area (Å²) in [7, 11) is 1.92. The molecule has 0 aliphatic carbocycles. The Morgan fingerprint density at radius 3 is 2.29 bits per heavy atom. The van der Waals surface area contributed by atoms with Crippen molar-refractivity contribution in [3.8, 4) is 0 Å². The fraction of sp³-hybridized carbons (Fsp3) is 0.700. The Balaban J connectivity index is 0.000000339. The van der Waals surface area contributed by atoms with E-state index in [9.17, 15) is 18.0 Å². The third-order valence-corrected chi connectivity index (χ3v) is 6.12. The van der Waals surface area contributed by atoms with Gasteiger partial charge in [0.1, 0.15) is 5.69 Å². The van der Waals surface area contributed by atoms with Crippen molar-refractivity contribution in [3.63, 3.8) is 0 Å². The summed E-state index contributed by atoms with van der Waals surface area (Å²) in [5, 5.41) is 7.12. The van der Waals surface area contributed by atoms with Crippen LogP contribution in [-0.4, -0.2) is 95.2 Å². The summed E-state index contributed by atoms with van der Waals surface area (Å²) in [6.45, 7) is 6.11. The molecule has 0 bridgehead atoms. The van der Waals surface area contributed by atoms with Gasteiger partial charge in [-0.05, 0) is 31.4 Å². The summed E-state index contributed by atoms with van der Waals surface area (Å²) in [4.78, 5) is 26.0. The second-order valence-corrected chi connectivity index (χ2v) is 8.10. The van der Waals surface area contributed by atoms with Crippen LogP contribution in [0.3, 0.4) is 0 Å². The molecule has 174 valence electrons. The number of aliphatic carboxylic acids is 1. The van der Waals surface area contributed by atoms with E-state index in [0.29, 0.717) is 6.04 Å². The number of hydrogen-bond acceptors (Lipinski definition) is 5. The Morgan fingerprint density at radius 1 is 1.16 bits per heavy atom. The first-order valence-electron chi connectivity index (χ1n) is 10.3. The quantitative estimate of drug-likeness (QED) is 0.744. The maximum absolute atomic E-state index is 12.6. The van der Waals surface area contributed by atoms with E-state index in [2.05, 4.69) is 4.90 Å². The second-order valence-electron chi connectivity index (χ2n) is 8.10. The highest BCUT2D eigenvalue weighted by molar-refractivity contribution is 5.92.